The van der Waals surface area contributed by atoms with Gasteiger partial charge in [-0.25, -0.2) is 0 Å². The summed E-state index contributed by atoms with van der Waals surface area (Å²) in [6.07, 6.45) is 0.784. The van der Waals surface area contributed by atoms with Crippen molar-refractivity contribution in [1.82, 2.24) is 9.78 Å². The van der Waals surface area contributed by atoms with E-state index in [2.05, 4.69) is 5.10 Å². The van der Waals surface area contributed by atoms with E-state index >= 15 is 0 Å². The van der Waals surface area contributed by atoms with Gasteiger partial charge in [-0.2, -0.15) is 0 Å². The van der Waals surface area contributed by atoms with Crippen molar-refractivity contribution < 1.29 is 4.79 Å². The van der Waals surface area contributed by atoms with Crippen LogP contribution in [0.15, 0.2) is 29.1 Å². The molecule has 0 saturated heterocycles. The number of benzene rings is 1. The van der Waals surface area contributed by atoms with Gasteiger partial charge in [0.1, 0.15) is 6.29 Å². The van der Waals surface area contributed by atoms with E-state index in [1.54, 1.807) is 31.3 Å². The predicted molar refractivity (Wildman–Crippen MR) is 61.6 cm³/mol. The highest BCUT2D eigenvalue weighted by molar-refractivity contribution is 5.77. The van der Waals surface area contributed by atoms with Gasteiger partial charge in [0.2, 0.25) is 0 Å². The molecule has 0 bridgehead atoms. The van der Waals surface area contributed by atoms with Crippen LogP contribution in [0.4, 0.5) is 0 Å². The Kier molecular flexibility index (Phi) is 2.48. The Morgan fingerprint density at radius 2 is 1.88 bits per heavy atom. The van der Waals surface area contributed by atoms with Gasteiger partial charge in [0.05, 0.1) is 5.56 Å². The zero-order valence-corrected chi connectivity index (χ0v) is 9.15. The molecule has 0 unspecified atom stereocenters. The molecule has 1 heterocycles. The van der Waals surface area contributed by atoms with Gasteiger partial charge in [0, 0.05) is 18.3 Å². The molecular formula is C12H12N2O2. The monoisotopic (exact) mass is 216 g/mol. The van der Waals surface area contributed by atoms with Crippen molar-refractivity contribution in [3.63, 3.8) is 0 Å². The minimum absolute atomic E-state index is 0.0589. The number of hydrogen-bond donors (Lipinski definition) is 1. The highest BCUT2D eigenvalue weighted by atomic mass is 16.1. The molecular weight excluding hydrogens is 204 g/mol. The molecule has 0 saturated carbocycles. The molecule has 16 heavy (non-hydrogen) atoms. The Hall–Kier alpha value is -2.10. The first-order valence-electron chi connectivity index (χ1n) is 4.94. The third kappa shape index (κ3) is 1.58. The maximum atomic E-state index is 11.8. The van der Waals surface area contributed by atoms with E-state index in [1.165, 1.54) is 4.68 Å². The first-order chi connectivity index (χ1) is 7.63. The summed E-state index contributed by atoms with van der Waals surface area (Å²) in [5.74, 6) is 0. The average molecular weight is 216 g/mol. The number of carbonyl (C=O) groups excluding carboxylic acids is 1. The summed E-state index contributed by atoms with van der Waals surface area (Å²) < 4.78 is 1.44. The molecule has 82 valence electrons. The summed E-state index contributed by atoms with van der Waals surface area (Å²) in [6, 6.07) is 6.96. The first kappa shape index (κ1) is 10.4. The van der Waals surface area contributed by atoms with Crippen LogP contribution in [-0.4, -0.2) is 16.1 Å². The van der Waals surface area contributed by atoms with Crippen LogP contribution in [0.3, 0.4) is 0 Å². The second-order valence-electron chi connectivity index (χ2n) is 3.72. The zero-order chi connectivity index (χ0) is 11.7. The van der Waals surface area contributed by atoms with Crippen molar-refractivity contribution in [2.24, 2.45) is 7.05 Å². The smallest absolute Gasteiger partial charge is 0.274 e. The minimum atomic E-state index is -0.0589. The second kappa shape index (κ2) is 3.81. The molecule has 1 N–H and O–H groups in total. The van der Waals surface area contributed by atoms with Crippen LogP contribution in [-0.2, 0) is 7.05 Å². The summed E-state index contributed by atoms with van der Waals surface area (Å²) in [4.78, 5) is 22.3. The van der Waals surface area contributed by atoms with Gasteiger partial charge in [-0.05, 0) is 12.5 Å². The molecule has 4 nitrogen and oxygen atoms in total. The van der Waals surface area contributed by atoms with E-state index in [1.807, 2.05) is 6.92 Å². The maximum Gasteiger partial charge on any atom is 0.274 e. The summed E-state index contributed by atoms with van der Waals surface area (Å²) in [6.45, 7) is 1.85. The molecule has 0 fully saturated rings. The lowest BCUT2D eigenvalue weighted by Crippen LogP contribution is -2.13. The number of aldehydes is 1. The summed E-state index contributed by atoms with van der Waals surface area (Å²) in [5.41, 5.74) is 2.85. The van der Waals surface area contributed by atoms with Crippen LogP contribution in [0.1, 0.15) is 16.1 Å². The summed E-state index contributed by atoms with van der Waals surface area (Å²) in [5, 5.41) is 2.94. The summed E-state index contributed by atoms with van der Waals surface area (Å²) >= 11 is 0. The number of carbonyl (C=O) groups is 1. The van der Waals surface area contributed by atoms with Crippen LogP contribution in [0, 0.1) is 6.92 Å². The number of aromatic nitrogens is 2. The molecule has 1 aromatic heterocycles. The SMILES string of the molecule is Cc1[nH]n(C)c(=O)c1-c1ccc(C=O)cc1. The average Bonchev–Trinajstić information content (AvgIpc) is 2.54. The lowest BCUT2D eigenvalue weighted by Gasteiger charge is -1.98. The largest absolute Gasteiger partial charge is 0.300 e. The van der Waals surface area contributed by atoms with Crippen molar-refractivity contribution in [2.45, 2.75) is 6.92 Å². The fourth-order valence-corrected chi connectivity index (χ4v) is 1.75. The normalized spacial score (nSPS) is 10.4. The fraction of sp³-hybridized carbons (Fsp3) is 0.167. The van der Waals surface area contributed by atoms with Crippen LogP contribution >= 0.6 is 0 Å². The molecule has 2 rings (SSSR count). The third-order valence-corrected chi connectivity index (χ3v) is 2.56. The molecule has 2 aromatic rings. The van der Waals surface area contributed by atoms with Gasteiger partial charge in [-0.15, -0.1) is 0 Å². The maximum absolute atomic E-state index is 11.8. The Balaban J connectivity index is 2.58. The zero-order valence-electron chi connectivity index (χ0n) is 9.15. The Morgan fingerprint density at radius 1 is 1.25 bits per heavy atom. The fourth-order valence-electron chi connectivity index (χ4n) is 1.75. The summed E-state index contributed by atoms with van der Waals surface area (Å²) in [7, 11) is 1.68. The standard InChI is InChI=1S/C12H12N2O2/c1-8-11(12(16)14(2)13-8)10-5-3-9(7-15)4-6-10/h3-7,13H,1-2H3. The highest BCUT2D eigenvalue weighted by Gasteiger charge is 2.10. The van der Waals surface area contributed by atoms with E-state index in [9.17, 15) is 9.59 Å². The topological polar surface area (TPSA) is 54.9 Å². The van der Waals surface area contributed by atoms with Crippen LogP contribution < -0.4 is 5.56 Å². The Labute approximate surface area is 92.5 Å². The van der Waals surface area contributed by atoms with E-state index in [4.69, 9.17) is 0 Å². The van der Waals surface area contributed by atoms with Crippen LogP contribution in [0.2, 0.25) is 0 Å². The quantitative estimate of drug-likeness (QED) is 0.773. The number of nitrogens with zero attached hydrogens (tertiary/aromatic N) is 1. The van der Waals surface area contributed by atoms with E-state index in [-0.39, 0.29) is 5.56 Å². The molecule has 1 aromatic carbocycles. The van der Waals surface area contributed by atoms with Crippen molar-refractivity contribution >= 4 is 6.29 Å². The van der Waals surface area contributed by atoms with Gasteiger partial charge < -0.3 is 0 Å². The van der Waals surface area contributed by atoms with Crippen molar-refractivity contribution in [2.75, 3.05) is 0 Å². The van der Waals surface area contributed by atoms with E-state index in [0.29, 0.717) is 11.1 Å². The molecule has 0 radical (unpaired) electrons. The van der Waals surface area contributed by atoms with Crippen LogP contribution in [0.25, 0.3) is 11.1 Å². The van der Waals surface area contributed by atoms with Crippen LogP contribution in [0.5, 0.6) is 0 Å². The van der Waals surface area contributed by atoms with Crippen molar-refractivity contribution in [3.8, 4) is 11.1 Å². The highest BCUT2D eigenvalue weighted by Crippen LogP contribution is 2.18. The Bertz CT molecular complexity index is 576. The number of hydrogen-bond acceptors (Lipinski definition) is 2. The predicted octanol–water partition coefficient (Wildman–Crippen LogP) is 1.50. The third-order valence-electron chi connectivity index (χ3n) is 2.56. The molecule has 0 spiro atoms. The lowest BCUT2D eigenvalue weighted by molar-refractivity contribution is 0.112. The molecule has 0 atom stereocenters. The molecule has 4 heteroatoms. The molecule has 0 amide bonds. The van der Waals surface area contributed by atoms with Gasteiger partial charge in [-0.3, -0.25) is 19.4 Å². The van der Waals surface area contributed by atoms with Crippen molar-refractivity contribution in [3.05, 3.63) is 45.9 Å². The molecule has 0 aliphatic heterocycles. The number of rotatable bonds is 2. The van der Waals surface area contributed by atoms with Gasteiger partial charge >= 0.3 is 0 Å². The molecule has 0 aliphatic carbocycles. The van der Waals surface area contributed by atoms with Gasteiger partial charge in [-0.1, -0.05) is 24.3 Å². The second-order valence-corrected chi connectivity index (χ2v) is 3.72. The van der Waals surface area contributed by atoms with E-state index < -0.39 is 0 Å². The number of aryl methyl sites for hydroxylation is 2. The Morgan fingerprint density at radius 3 is 2.31 bits per heavy atom. The van der Waals surface area contributed by atoms with E-state index in [0.717, 1.165) is 17.5 Å². The van der Waals surface area contributed by atoms with Gasteiger partial charge in [0.15, 0.2) is 0 Å². The molecule has 0 aliphatic rings. The minimum Gasteiger partial charge on any atom is -0.300 e. The lowest BCUT2D eigenvalue weighted by atomic mass is 10.1. The van der Waals surface area contributed by atoms with Crippen molar-refractivity contribution in [1.29, 1.82) is 0 Å². The number of nitrogens with one attached hydrogen (secondary N) is 1. The number of aromatic amines is 1. The number of H-pyrrole nitrogens is 1. The first-order valence-corrected chi connectivity index (χ1v) is 4.94. The van der Waals surface area contributed by atoms with Gasteiger partial charge in [0.25, 0.3) is 5.56 Å².